The average Bonchev–Trinajstić information content (AvgIpc) is 2.71. The summed E-state index contributed by atoms with van der Waals surface area (Å²) in [4.78, 5) is 2.27. The van der Waals surface area contributed by atoms with E-state index in [1.807, 2.05) is 0 Å². The summed E-state index contributed by atoms with van der Waals surface area (Å²) < 4.78 is 0. The zero-order chi connectivity index (χ0) is 22.4. The largest absolute Gasteiger partial charge is 0.362 e. The van der Waals surface area contributed by atoms with E-state index in [2.05, 4.69) is 102 Å². The van der Waals surface area contributed by atoms with Gasteiger partial charge in [-0.05, 0) is 79.1 Å². The summed E-state index contributed by atoms with van der Waals surface area (Å²) in [5.74, 6) is 0.991. The van der Waals surface area contributed by atoms with E-state index in [0.29, 0.717) is 11.8 Å². The Morgan fingerprint density at radius 1 is 1.20 bits per heavy atom. The van der Waals surface area contributed by atoms with E-state index in [1.54, 1.807) is 6.20 Å². The Kier molecular flexibility index (Phi) is 8.34. The Bertz CT molecular complexity index is 878. The van der Waals surface area contributed by atoms with Crippen LogP contribution in [0.15, 0.2) is 66.6 Å². The number of allylic oxidation sites excluding steroid dienone is 6. The number of hydrogen-bond acceptors (Lipinski definition) is 2. The molecule has 0 spiro atoms. The monoisotopic (exact) mass is 404 g/mol. The van der Waals surface area contributed by atoms with Gasteiger partial charge >= 0.3 is 0 Å². The molecule has 162 valence electrons. The number of rotatable bonds is 9. The zero-order valence-electron chi connectivity index (χ0n) is 20.1. The van der Waals surface area contributed by atoms with E-state index >= 15 is 0 Å². The Morgan fingerprint density at radius 2 is 1.90 bits per heavy atom. The van der Waals surface area contributed by atoms with Crippen molar-refractivity contribution in [3.63, 3.8) is 0 Å². The van der Waals surface area contributed by atoms with Crippen molar-refractivity contribution in [1.29, 1.82) is 0 Å². The number of benzene rings is 1. The van der Waals surface area contributed by atoms with Crippen LogP contribution < -0.4 is 5.32 Å². The fourth-order valence-electron chi connectivity index (χ4n) is 4.20. The van der Waals surface area contributed by atoms with Crippen LogP contribution in [0.1, 0.15) is 71.9 Å². The minimum Gasteiger partial charge on any atom is -0.362 e. The Labute approximate surface area is 184 Å². The zero-order valence-corrected chi connectivity index (χ0v) is 20.1. The molecule has 0 saturated heterocycles. The first-order valence-corrected chi connectivity index (χ1v) is 11.3. The average molecular weight is 405 g/mol. The molecule has 1 N–H and O–H groups in total. The Hall–Kier alpha value is -2.48. The van der Waals surface area contributed by atoms with E-state index in [9.17, 15) is 0 Å². The number of anilines is 1. The Morgan fingerprint density at radius 3 is 2.47 bits per heavy atom. The third-order valence-electron chi connectivity index (χ3n) is 6.00. The highest BCUT2D eigenvalue weighted by Gasteiger charge is 2.19. The lowest BCUT2D eigenvalue weighted by molar-refractivity contribution is 0.549. The van der Waals surface area contributed by atoms with E-state index < -0.39 is 0 Å². The van der Waals surface area contributed by atoms with Crippen molar-refractivity contribution in [3.8, 4) is 0 Å². The minimum absolute atomic E-state index is 0.444. The van der Waals surface area contributed by atoms with Crippen molar-refractivity contribution < 1.29 is 0 Å². The lowest BCUT2D eigenvalue weighted by atomic mass is 9.89. The third-order valence-corrected chi connectivity index (χ3v) is 6.00. The molecule has 1 aromatic carbocycles. The van der Waals surface area contributed by atoms with Gasteiger partial charge in [-0.1, -0.05) is 65.5 Å². The van der Waals surface area contributed by atoms with Gasteiger partial charge in [-0.15, -0.1) is 0 Å². The molecule has 2 rings (SSSR count). The fraction of sp³-hybridized carbons (Fsp3) is 0.429. The van der Waals surface area contributed by atoms with Crippen molar-refractivity contribution in [2.75, 3.05) is 12.4 Å². The SMILES string of the molecule is C=CNc1ccc(C(=C)N(C)C2=CC(C(C)C)=C(C)CC2)cc1/C(=C\CC)C(C)C. The quantitative estimate of drug-likeness (QED) is 0.446. The van der Waals surface area contributed by atoms with Crippen LogP contribution in [0.5, 0.6) is 0 Å². The van der Waals surface area contributed by atoms with E-state index in [1.165, 1.54) is 28.0 Å². The lowest BCUT2D eigenvalue weighted by Gasteiger charge is -2.30. The summed E-state index contributed by atoms with van der Waals surface area (Å²) in [5.41, 5.74) is 10.2. The summed E-state index contributed by atoms with van der Waals surface area (Å²) in [6.45, 7) is 21.8. The smallest absolute Gasteiger partial charge is 0.0456 e. The lowest BCUT2D eigenvalue weighted by Crippen LogP contribution is -2.19. The van der Waals surface area contributed by atoms with Gasteiger partial charge in [0, 0.05) is 29.7 Å². The van der Waals surface area contributed by atoms with Crippen molar-refractivity contribution in [2.45, 2.75) is 60.8 Å². The van der Waals surface area contributed by atoms with Crippen molar-refractivity contribution >= 4 is 17.0 Å². The van der Waals surface area contributed by atoms with Crippen molar-refractivity contribution in [2.24, 2.45) is 11.8 Å². The molecule has 30 heavy (non-hydrogen) atoms. The number of hydrogen-bond donors (Lipinski definition) is 1. The summed E-state index contributed by atoms with van der Waals surface area (Å²) >= 11 is 0. The van der Waals surface area contributed by atoms with Crippen LogP contribution in [0.3, 0.4) is 0 Å². The molecular formula is C28H40N2. The molecule has 0 aliphatic heterocycles. The molecule has 1 aliphatic carbocycles. The first kappa shape index (κ1) is 23.8. The number of nitrogens with one attached hydrogen (secondary N) is 1. The van der Waals surface area contributed by atoms with Gasteiger partial charge < -0.3 is 10.2 Å². The van der Waals surface area contributed by atoms with Gasteiger partial charge in [0.2, 0.25) is 0 Å². The highest BCUT2D eigenvalue weighted by Crippen LogP contribution is 2.36. The van der Waals surface area contributed by atoms with Gasteiger partial charge in [-0.25, -0.2) is 0 Å². The highest BCUT2D eigenvalue weighted by atomic mass is 15.1. The predicted molar refractivity (Wildman–Crippen MR) is 135 cm³/mol. The molecular weight excluding hydrogens is 364 g/mol. The van der Waals surface area contributed by atoms with Gasteiger partial charge in [-0.3, -0.25) is 0 Å². The van der Waals surface area contributed by atoms with E-state index in [4.69, 9.17) is 0 Å². The van der Waals surface area contributed by atoms with Crippen LogP contribution in [0.25, 0.3) is 11.3 Å². The molecule has 0 unspecified atom stereocenters. The third kappa shape index (κ3) is 5.36. The second-order valence-corrected chi connectivity index (χ2v) is 8.86. The molecule has 0 saturated carbocycles. The fourth-order valence-corrected chi connectivity index (χ4v) is 4.20. The van der Waals surface area contributed by atoms with Crippen LogP contribution in [-0.2, 0) is 0 Å². The Balaban J connectivity index is 2.45. The van der Waals surface area contributed by atoms with Crippen LogP contribution in [0, 0.1) is 11.8 Å². The van der Waals surface area contributed by atoms with Crippen LogP contribution in [-0.4, -0.2) is 11.9 Å². The summed E-state index contributed by atoms with van der Waals surface area (Å²) in [7, 11) is 2.15. The first-order chi connectivity index (χ1) is 14.2. The van der Waals surface area contributed by atoms with E-state index in [-0.39, 0.29) is 0 Å². The van der Waals surface area contributed by atoms with E-state index in [0.717, 1.165) is 36.2 Å². The maximum atomic E-state index is 4.46. The van der Waals surface area contributed by atoms with Crippen LogP contribution in [0.2, 0.25) is 0 Å². The molecule has 0 radical (unpaired) electrons. The van der Waals surface area contributed by atoms with Gasteiger partial charge in [0.1, 0.15) is 0 Å². The standard InChI is InChI=1S/C28H40N2/c1-10-12-25(19(3)4)27-17-23(14-16-28(27)29-11-2)22(8)30(9)24-15-13-21(7)26(18-24)20(5)6/h11-12,14,16-20,29H,2,8,10,13,15H2,1,3-7,9H3/b25-12-. The van der Waals surface area contributed by atoms with Gasteiger partial charge in [0.25, 0.3) is 0 Å². The summed E-state index contributed by atoms with van der Waals surface area (Å²) in [6.07, 6.45) is 9.66. The molecule has 0 atom stereocenters. The first-order valence-electron chi connectivity index (χ1n) is 11.3. The maximum Gasteiger partial charge on any atom is 0.0456 e. The number of nitrogens with zero attached hydrogens (tertiary/aromatic N) is 1. The van der Waals surface area contributed by atoms with Gasteiger partial charge in [0.05, 0.1) is 0 Å². The topological polar surface area (TPSA) is 15.3 Å². The predicted octanol–water partition coefficient (Wildman–Crippen LogP) is 8.24. The molecule has 0 amide bonds. The van der Waals surface area contributed by atoms with Gasteiger partial charge in [-0.2, -0.15) is 0 Å². The second kappa shape index (κ2) is 10.5. The van der Waals surface area contributed by atoms with Crippen molar-refractivity contribution in [1.82, 2.24) is 4.90 Å². The minimum atomic E-state index is 0.444. The molecule has 0 aromatic heterocycles. The molecule has 2 heteroatoms. The summed E-state index contributed by atoms with van der Waals surface area (Å²) in [6, 6.07) is 6.59. The normalized spacial score (nSPS) is 14.8. The molecule has 0 heterocycles. The molecule has 0 bridgehead atoms. The molecule has 1 aliphatic rings. The molecule has 1 aromatic rings. The van der Waals surface area contributed by atoms with Gasteiger partial charge in [0.15, 0.2) is 0 Å². The summed E-state index contributed by atoms with van der Waals surface area (Å²) in [5, 5.41) is 3.31. The van der Waals surface area contributed by atoms with Crippen LogP contribution >= 0.6 is 0 Å². The van der Waals surface area contributed by atoms with Crippen LogP contribution in [0.4, 0.5) is 5.69 Å². The second-order valence-electron chi connectivity index (χ2n) is 8.86. The highest BCUT2D eigenvalue weighted by molar-refractivity contribution is 5.81. The maximum absolute atomic E-state index is 4.46. The van der Waals surface area contributed by atoms with Crippen molar-refractivity contribution in [3.05, 3.63) is 77.7 Å². The molecule has 2 nitrogen and oxygen atoms in total. The molecule has 0 fully saturated rings.